The molecule has 0 unspecified atom stereocenters. The van der Waals surface area contributed by atoms with Crippen molar-refractivity contribution in [1.82, 2.24) is 14.5 Å². The molecule has 0 radical (unpaired) electrons. The standard InChI is InChI=1S/C18H18ClN3O2S2/c1-3-21(10-12-6-8-15(19)26-12)16(23)11-5-7-13-14(9-11)20-18(25)22(4-2)17(13)24/h5-9H,3-4,10H2,1-2H3,(H,20,25). The van der Waals surface area contributed by atoms with Gasteiger partial charge in [0.05, 0.1) is 21.8 Å². The molecule has 1 N–H and O–H groups in total. The molecule has 0 saturated heterocycles. The van der Waals surface area contributed by atoms with E-state index in [0.29, 0.717) is 45.2 Å². The molecular formula is C18H18ClN3O2S2. The first-order valence-corrected chi connectivity index (χ1v) is 9.85. The molecule has 8 heteroatoms. The molecular weight excluding hydrogens is 390 g/mol. The zero-order valence-electron chi connectivity index (χ0n) is 14.4. The smallest absolute Gasteiger partial charge is 0.262 e. The van der Waals surface area contributed by atoms with Crippen LogP contribution in [-0.2, 0) is 13.1 Å². The van der Waals surface area contributed by atoms with Gasteiger partial charge in [-0.2, -0.15) is 0 Å². The normalized spacial score (nSPS) is 11.0. The average Bonchev–Trinajstić information content (AvgIpc) is 3.04. The molecule has 3 aromatic rings. The molecule has 0 aliphatic rings. The largest absolute Gasteiger partial charge is 0.334 e. The molecule has 2 heterocycles. The van der Waals surface area contributed by atoms with Crippen molar-refractivity contribution >= 4 is 52.0 Å². The third-order valence-electron chi connectivity index (χ3n) is 4.19. The molecule has 0 bridgehead atoms. The molecule has 136 valence electrons. The van der Waals surface area contributed by atoms with E-state index >= 15 is 0 Å². The van der Waals surface area contributed by atoms with Crippen LogP contribution in [0.3, 0.4) is 0 Å². The maximum absolute atomic E-state index is 12.9. The van der Waals surface area contributed by atoms with Gasteiger partial charge >= 0.3 is 0 Å². The number of H-pyrrole nitrogens is 1. The van der Waals surface area contributed by atoms with Crippen LogP contribution in [0.5, 0.6) is 0 Å². The van der Waals surface area contributed by atoms with E-state index in [-0.39, 0.29) is 11.5 Å². The SMILES string of the molecule is CCN(Cc1ccc(Cl)s1)C(=O)c1ccc2c(=O)n(CC)c(=S)[nH]c2c1. The number of amides is 1. The van der Waals surface area contributed by atoms with Crippen molar-refractivity contribution in [2.24, 2.45) is 0 Å². The molecule has 5 nitrogen and oxygen atoms in total. The Hall–Kier alpha value is -1.96. The van der Waals surface area contributed by atoms with E-state index in [9.17, 15) is 9.59 Å². The van der Waals surface area contributed by atoms with Gasteiger partial charge in [0.1, 0.15) is 0 Å². The van der Waals surface area contributed by atoms with Gasteiger partial charge in [0, 0.05) is 23.5 Å². The lowest BCUT2D eigenvalue weighted by Gasteiger charge is -2.20. The highest BCUT2D eigenvalue weighted by Gasteiger charge is 2.17. The van der Waals surface area contributed by atoms with E-state index in [4.69, 9.17) is 23.8 Å². The van der Waals surface area contributed by atoms with Crippen LogP contribution in [0, 0.1) is 4.77 Å². The van der Waals surface area contributed by atoms with Crippen LogP contribution in [-0.4, -0.2) is 26.9 Å². The molecule has 0 aliphatic heterocycles. The van der Waals surface area contributed by atoms with E-state index in [0.717, 1.165) is 4.88 Å². The van der Waals surface area contributed by atoms with Gasteiger partial charge in [-0.3, -0.25) is 14.2 Å². The molecule has 26 heavy (non-hydrogen) atoms. The Balaban J connectivity index is 1.97. The minimum absolute atomic E-state index is 0.0992. The topological polar surface area (TPSA) is 58.1 Å². The summed E-state index contributed by atoms with van der Waals surface area (Å²) in [6, 6.07) is 8.81. The number of hydrogen-bond donors (Lipinski definition) is 1. The van der Waals surface area contributed by atoms with Crippen LogP contribution in [0.4, 0.5) is 0 Å². The summed E-state index contributed by atoms with van der Waals surface area (Å²) in [7, 11) is 0. The third kappa shape index (κ3) is 3.60. The van der Waals surface area contributed by atoms with Gasteiger partial charge in [-0.25, -0.2) is 0 Å². The number of thiophene rings is 1. The minimum Gasteiger partial charge on any atom is -0.334 e. The van der Waals surface area contributed by atoms with Crippen LogP contribution >= 0.6 is 35.2 Å². The Morgan fingerprint density at radius 2 is 2.08 bits per heavy atom. The van der Waals surface area contributed by atoms with Crippen molar-refractivity contribution in [3.05, 3.63) is 60.2 Å². The number of aromatic amines is 1. The second-order valence-electron chi connectivity index (χ2n) is 5.77. The Morgan fingerprint density at radius 3 is 2.69 bits per heavy atom. The van der Waals surface area contributed by atoms with Crippen molar-refractivity contribution in [3.63, 3.8) is 0 Å². The van der Waals surface area contributed by atoms with Gasteiger partial charge in [0.25, 0.3) is 11.5 Å². The first-order valence-electron chi connectivity index (χ1n) is 8.25. The summed E-state index contributed by atoms with van der Waals surface area (Å²) in [5, 5.41) is 0.519. The fourth-order valence-electron chi connectivity index (χ4n) is 2.81. The second kappa shape index (κ2) is 7.73. The maximum atomic E-state index is 12.9. The molecule has 1 aromatic carbocycles. The van der Waals surface area contributed by atoms with E-state index in [1.807, 2.05) is 26.0 Å². The second-order valence-corrected chi connectivity index (χ2v) is 7.95. The van der Waals surface area contributed by atoms with Crippen molar-refractivity contribution in [1.29, 1.82) is 0 Å². The van der Waals surface area contributed by atoms with Crippen molar-refractivity contribution in [2.75, 3.05) is 6.54 Å². The van der Waals surface area contributed by atoms with E-state index < -0.39 is 0 Å². The summed E-state index contributed by atoms with van der Waals surface area (Å²) >= 11 is 12.7. The molecule has 3 rings (SSSR count). The lowest BCUT2D eigenvalue weighted by Crippen LogP contribution is -2.30. The maximum Gasteiger partial charge on any atom is 0.262 e. The monoisotopic (exact) mass is 407 g/mol. The fraction of sp³-hybridized carbons (Fsp3) is 0.278. The molecule has 0 spiro atoms. The zero-order valence-corrected chi connectivity index (χ0v) is 16.8. The number of fused-ring (bicyclic) bond motifs is 1. The van der Waals surface area contributed by atoms with E-state index in [1.165, 1.54) is 15.9 Å². The highest BCUT2D eigenvalue weighted by Crippen LogP contribution is 2.23. The van der Waals surface area contributed by atoms with Crippen molar-refractivity contribution < 1.29 is 4.79 Å². The lowest BCUT2D eigenvalue weighted by molar-refractivity contribution is 0.0754. The van der Waals surface area contributed by atoms with Gasteiger partial charge < -0.3 is 9.88 Å². The molecule has 0 saturated carbocycles. The quantitative estimate of drug-likeness (QED) is 0.635. The number of nitrogens with zero attached hydrogens (tertiary/aromatic N) is 2. The van der Waals surface area contributed by atoms with Gasteiger partial charge in [-0.15, -0.1) is 11.3 Å². The third-order valence-corrected chi connectivity index (χ3v) is 5.73. The summed E-state index contributed by atoms with van der Waals surface area (Å²) in [6.07, 6.45) is 0. The molecule has 0 aliphatic carbocycles. The Morgan fingerprint density at radius 1 is 1.31 bits per heavy atom. The van der Waals surface area contributed by atoms with Gasteiger partial charge in [0.15, 0.2) is 4.77 Å². The number of benzene rings is 1. The number of hydrogen-bond acceptors (Lipinski definition) is 4. The number of carbonyl (C=O) groups is 1. The Kier molecular flexibility index (Phi) is 5.60. The molecule has 0 atom stereocenters. The molecule has 2 aromatic heterocycles. The highest BCUT2D eigenvalue weighted by atomic mass is 35.5. The number of aromatic nitrogens is 2. The van der Waals surface area contributed by atoms with Gasteiger partial charge in [-0.05, 0) is 56.4 Å². The van der Waals surface area contributed by atoms with Crippen molar-refractivity contribution in [2.45, 2.75) is 26.9 Å². The first-order chi connectivity index (χ1) is 12.4. The van der Waals surface area contributed by atoms with Crippen LogP contribution in [0.2, 0.25) is 4.34 Å². The van der Waals surface area contributed by atoms with Crippen LogP contribution < -0.4 is 5.56 Å². The highest BCUT2D eigenvalue weighted by molar-refractivity contribution is 7.71. The zero-order chi connectivity index (χ0) is 18.8. The summed E-state index contributed by atoms with van der Waals surface area (Å²) in [6.45, 7) is 5.36. The summed E-state index contributed by atoms with van der Waals surface area (Å²) in [5.74, 6) is -0.0992. The fourth-order valence-corrected chi connectivity index (χ4v) is 4.23. The average molecular weight is 408 g/mol. The summed E-state index contributed by atoms with van der Waals surface area (Å²) in [4.78, 5) is 31.2. The Labute approximate surface area is 164 Å². The number of halogens is 1. The lowest BCUT2D eigenvalue weighted by atomic mass is 10.1. The van der Waals surface area contributed by atoms with Crippen LogP contribution in [0.1, 0.15) is 29.1 Å². The Bertz CT molecular complexity index is 1080. The number of rotatable bonds is 5. The van der Waals surface area contributed by atoms with Gasteiger partial charge in [-0.1, -0.05) is 11.6 Å². The van der Waals surface area contributed by atoms with E-state index in [1.54, 1.807) is 23.1 Å². The van der Waals surface area contributed by atoms with Crippen molar-refractivity contribution in [3.8, 4) is 0 Å². The number of carbonyl (C=O) groups excluding carboxylic acids is 1. The molecule has 1 amide bonds. The predicted molar refractivity (Wildman–Crippen MR) is 109 cm³/mol. The number of nitrogens with one attached hydrogen (secondary N) is 1. The first kappa shape index (κ1) is 18.8. The van der Waals surface area contributed by atoms with Crippen LogP contribution in [0.25, 0.3) is 10.9 Å². The van der Waals surface area contributed by atoms with Crippen LogP contribution in [0.15, 0.2) is 35.1 Å². The van der Waals surface area contributed by atoms with Gasteiger partial charge in [0.2, 0.25) is 0 Å². The summed E-state index contributed by atoms with van der Waals surface area (Å²) < 4.78 is 2.56. The predicted octanol–water partition coefficient (Wildman–Crippen LogP) is 4.46. The van der Waals surface area contributed by atoms with E-state index in [2.05, 4.69) is 4.98 Å². The summed E-state index contributed by atoms with van der Waals surface area (Å²) in [5.41, 5.74) is 0.942. The minimum atomic E-state index is -0.147. The molecule has 0 fully saturated rings.